The number of methoxy groups -OCH3 is 1. The molecular weight excluding hydrogens is 280 g/mol. The zero-order valence-corrected chi connectivity index (χ0v) is 11.9. The van der Waals surface area contributed by atoms with E-state index >= 15 is 0 Å². The number of rotatable bonds is 5. The number of benzene rings is 1. The summed E-state index contributed by atoms with van der Waals surface area (Å²) in [5.41, 5.74) is 5.15. The molecule has 2 unspecified atom stereocenters. The Labute approximate surface area is 122 Å². The van der Waals surface area contributed by atoms with E-state index in [0.717, 1.165) is 31.0 Å². The molecule has 0 spiro atoms. The monoisotopic (exact) mass is 299 g/mol. The van der Waals surface area contributed by atoms with Crippen molar-refractivity contribution in [3.05, 3.63) is 29.8 Å². The molecule has 0 aromatic heterocycles. The number of hydrogen-bond acceptors (Lipinski definition) is 4. The summed E-state index contributed by atoms with van der Waals surface area (Å²) in [6.45, 7) is 0.240. The minimum atomic E-state index is -0.981. The summed E-state index contributed by atoms with van der Waals surface area (Å²) in [5, 5.41) is 0. The van der Waals surface area contributed by atoms with E-state index in [4.69, 9.17) is 15.2 Å². The molecule has 1 aromatic carbocycles. The van der Waals surface area contributed by atoms with Crippen molar-refractivity contribution < 1.29 is 23.0 Å². The highest BCUT2D eigenvalue weighted by atomic mass is 19.1. The van der Waals surface area contributed by atoms with E-state index in [-0.39, 0.29) is 18.3 Å². The molecule has 1 aliphatic carbocycles. The first-order chi connectivity index (χ1) is 9.95. The highest BCUT2D eigenvalue weighted by molar-refractivity contribution is 5.81. The van der Waals surface area contributed by atoms with Crippen LogP contribution in [0.5, 0.6) is 5.75 Å². The van der Waals surface area contributed by atoms with E-state index in [9.17, 15) is 13.6 Å². The molecule has 6 heteroatoms. The number of halogens is 2. The molecule has 116 valence electrons. The molecule has 1 aromatic rings. The number of carbonyl (C=O) groups excluding carboxylic acids is 1. The maximum Gasteiger partial charge on any atom is 0.326 e. The second-order valence-electron chi connectivity index (χ2n) is 5.36. The van der Waals surface area contributed by atoms with E-state index in [0.29, 0.717) is 12.8 Å². The molecule has 0 amide bonds. The van der Waals surface area contributed by atoms with Crippen molar-refractivity contribution in [2.24, 2.45) is 11.7 Å². The van der Waals surface area contributed by atoms with Crippen LogP contribution in [0.25, 0.3) is 0 Å². The predicted octanol–water partition coefficient (Wildman–Crippen LogP) is 2.40. The van der Waals surface area contributed by atoms with Crippen LogP contribution in [0.3, 0.4) is 0 Å². The maximum absolute atomic E-state index is 13.0. The molecule has 2 rings (SSSR count). The fourth-order valence-corrected chi connectivity index (χ4v) is 2.89. The summed E-state index contributed by atoms with van der Waals surface area (Å²) in [6.07, 6.45) is 2.78. The largest absolute Gasteiger partial charge is 0.493 e. The summed E-state index contributed by atoms with van der Waals surface area (Å²) in [5.74, 6) is -1.71. The van der Waals surface area contributed by atoms with Crippen LogP contribution in [0.15, 0.2) is 18.2 Å². The van der Waals surface area contributed by atoms with Gasteiger partial charge in [-0.3, -0.25) is 4.79 Å². The smallest absolute Gasteiger partial charge is 0.326 e. The zero-order valence-electron chi connectivity index (χ0n) is 11.9. The Balaban J connectivity index is 1.92. The Kier molecular flexibility index (Phi) is 4.77. The van der Waals surface area contributed by atoms with Gasteiger partial charge in [-0.1, -0.05) is 6.42 Å². The molecule has 1 saturated carbocycles. The second-order valence-corrected chi connectivity index (χ2v) is 5.36. The average molecular weight is 299 g/mol. The summed E-state index contributed by atoms with van der Waals surface area (Å²) >= 11 is 0. The number of nitrogens with two attached hydrogens (primary N) is 1. The van der Waals surface area contributed by atoms with Crippen molar-refractivity contribution in [1.82, 2.24) is 0 Å². The van der Waals surface area contributed by atoms with Gasteiger partial charge in [-0.05, 0) is 25.2 Å². The molecule has 0 radical (unpaired) electrons. The van der Waals surface area contributed by atoms with Crippen LogP contribution in [-0.2, 0) is 9.53 Å². The predicted molar refractivity (Wildman–Crippen MR) is 72.7 cm³/mol. The Bertz CT molecular complexity index is 503. The van der Waals surface area contributed by atoms with Gasteiger partial charge in [-0.25, -0.2) is 8.78 Å². The van der Waals surface area contributed by atoms with E-state index in [2.05, 4.69) is 0 Å². The van der Waals surface area contributed by atoms with E-state index in [1.54, 1.807) is 0 Å². The molecule has 4 nitrogen and oxygen atoms in total. The number of hydrogen-bond donors (Lipinski definition) is 1. The van der Waals surface area contributed by atoms with Crippen molar-refractivity contribution in [3.63, 3.8) is 0 Å². The molecule has 0 heterocycles. The summed E-state index contributed by atoms with van der Waals surface area (Å²) < 4.78 is 36.2. The molecule has 21 heavy (non-hydrogen) atoms. The molecule has 0 saturated heterocycles. The standard InChI is InChI=1S/C15H19F2NO3/c1-20-14(19)15(18)5-2-3-10(15)4-6-21-13-8-11(16)7-12(17)9-13/h7-10H,2-6,18H2,1H3. The quantitative estimate of drug-likeness (QED) is 0.848. The Morgan fingerprint density at radius 1 is 1.38 bits per heavy atom. The van der Waals surface area contributed by atoms with Crippen molar-refractivity contribution >= 4 is 5.97 Å². The molecule has 2 N–H and O–H groups in total. The topological polar surface area (TPSA) is 61.5 Å². The summed E-state index contributed by atoms with van der Waals surface area (Å²) in [4.78, 5) is 11.8. The third-order valence-corrected chi connectivity index (χ3v) is 4.01. The van der Waals surface area contributed by atoms with Gasteiger partial charge in [-0.15, -0.1) is 0 Å². The first-order valence-electron chi connectivity index (χ1n) is 6.92. The number of esters is 1. The van der Waals surface area contributed by atoms with Crippen LogP contribution < -0.4 is 10.5 Å². The van der Waals surface area contributed by atoms with E-state index in [1.807, 2.05) is 0 Å². The lowest BCUT2D eigenvalue weighted by atomic mass is 9.86. The van der Waals surface area contributed by atoms with Crippen LogP contribution >= 0.6 is 0 Å². The lowest BCUT2D eigenvalue weighted by Gasteiger charge is -2.28. The third kappa shape index (κ3) is 3.50. The molecule has 1 aliphatic rings. The Morgan fingerprint density at radius 2 is 2.05 bits per heavy atom. The Hall–Kier alpha value is -1.69. The van der Waals surface area contributed by atoms with Crippen LogP contribution in [0.1, 0.15) is 25.7 Å². The van der Waals surface area contributed by atoms with Gasteiger partial charge >= 0.3 is 5.97 Å². The third-order valence-electron chi connectivity index (χ3n) is 4.01. The van der Waals surface area contributed by atoms with Gasteiger partial charge < -0.3 is 15.2 Å². The number of carbonyl (C=O) groups is 1. The zero-order chi connectivity index (χ0) is 15.5. The van der Waals surface area contributed by atoms with Gasteiger partial charge in [0.2, 0.25) is 0 Å². The highest BCUT2D eigenvalue weighted by Crippen LogP contribution is 2.37. The minimum Gasteiger partial charge on any atom is -0.493 e. The van der Waals surface area contributed by atoms with Crippen molar-refractivity contribution in [2.75, 3.05) is 13.7 Å². The number of ether oxygens (including phenoxy) is 2. The normalized spacial score (nSPS) is 24.9. The van der Waals surface area contributed by atoms with E-state index < -0.39 is 23.1 Å². The SMILES string of the molecule is COC(=O)C1(N)CCCC1CCOc1cc(F)cc(F)c1. The average Bonchev–Trinajstić information content (AvgIpc) is 2.79. The first kappa shape index (κ1) is 15.7. The molecule has 2 atom stereocenters. The molecular formula is C15H19F2NO3. The van der Waals surface area contributed by atoms with Crippen LogP contribution in [-0.4, -0.2) is 25.2 Å². The van der Waals surface area contributed by atoms with Crippen molar-refractivity contribution in [1.29, 1.82) is 0 Å². The van der Waals surface area contributed by atoms with Gasteiger partial charge in [0.15, 0.2) is 0 Å². The second kappa shape index (κ2) is 6.39. The lowest BCUT2D eigenvalue weighted by molar-refractivity contribution is -0.148. The van der Waals surface area contributed by atoms with Gasteiger partial charge in [0, 0.05) is 18.2 Å². The molecule has 0 bridgehead atoms. The fourth-order valence-electron chi connectivity index (χ4n) is 2.89. The summed E-state index contributed by atoms with van der Waals surface area (Å²) in [6, 6.07) is 3.02. The van der Waals surface area contributed by atoms with Gasteiger partial charge in [0.05, 0.1) is 13.7 Å². The first-order valence-corrected chi connectivity index (χ1v) is 6.92. The van der Waals surface area contributed by atoms with Gasteiger partial charge in [0.25, 0.3) is 0 Å². The maximum atomic E-state index is 13.0. The van der Waals surface area contributed by atoms with Crippen LogP contribution in [0, 0.1) is 17.6 Å². The minimum absolute atomic E-state index is 0.0524. The van der Waals surface area contributed by atoms with Crippen LogP contribution in [0.4, 0.5) is 8.78 Å². The molecule has 1 fully saturated rings. The molecule has 0 aliphatic heterocycles. The van der Waals surface area contributed by atoms with Crippen molar-refractivity contribution in [3.8, 4) is 5.75 Å². The summed E-state index contributed by atoms with van der Waals surface area (Å²) in [7, 11) is 1.32. The van der Waals surface area contributed by atoms with Gasteiger partial charge in [-0.2, -0.15) is 0 Å². The van der Waals surface area contributed by atoms with Crippen molar-refractivity contribution in [2.45, 2.75) is 31.2 Å². The fraction of sp³-hybridized carbons (Fsp3) is 0.533. The lowest BCUT2D eigenvalue weighted by Crippen LogP contribution is -2.52. The van der Waals surface area contributed by atoms with E-state index in [1.165, 1.54) is 7.11 Å². The Morgan fingerprint density at radius 3 is 2.67 bits per heavy atom. The van der Waals surface area contributed by atoms with Crippen LogP contribution in [0.2, 0.25) is 0 Å². The highest BCUT2D eigenvalue weighted by Gasteiger charge is 2.46. The van der Waals surface area contributed by atoms with Gasteiger partial charge in [0.1, 0.15) is 22.9 Å².